The highest BCUT2D eigenvalue weighted by Gasteiger charge is 2.31. The molecule has 3 nitrogen and oxygen atoms in total. The van der Waals surface area contributed by atoms with Crippen LogP contribution in [0.2, 0.25) is 0 Å². The van der Waals surface area contributed by atoms with Crippen LogP contribution in [0.25, 0.3) is 0 Å². The third-order valence-corrected chi connectivity index (χ3v) is 3.05. The van der Waals surface area contributed by atoms with Gasteiger partial charge in [-0.25, -0.2) is 4.79 Å². The van der Waals surface area contributed by atoms with Crippen LogP contribution >= 0.6 is 0 Å². The molecule has 1 atom stereocenters. The van der Waals surface area contributed by atoms with Crippen LogP contribution in [0.3, 0.4) is 0 Å². The summed E-state index contributed by atoms with van der Waals surface area (Å²) in [7, 11) is 0. The average molecular weight is 230 g/mol. The van der Waals surface area contributed by atoms with Crippen LogP contribution in [-0.2, 0) is 9.53 Å². The molecule has 96 valence electrons. The second-order valence-corrected chi connectivity index (χ2v) is 4.51. The van der Waals surface area contributed by atoms with Gasteiger partial charge in [0.15, 0.2) is 5.60 Å². The van der Waals surface area contributed by atoms with Gasteiger partial charge in [-0.05, 0) is 19.8 Å². The van der Waals surface area contributed by atoms with Crippen molar-refractivity contribution in [1.29, 1.82) is 0 Å². The van der Waals surface area contributed by atoms with Crippen molar-refractivity contribution >= 4 is 5.97 Å². The summed E-state index contributed by atoms with van der Waals surface area (Å²) in [5.41, 5.74) is -0.997. The summed E-state index contributed by atoms with van der Waals surface area (Å²) in [5, 5.41) is 8.98. The third kappa shape index (κ3) is 6.11. The summed E-state index contributed by atoms with van der Waals surface area (Å²) in [5.74, 6) is -0.860. The van der Waals surface area contributed by atoms with E-state index in [0.29, 0.717) is 13.0 Å². The number of hydrogen-bond donors (Lipinski definition) is 1. The van der Waals surface area contributed by atoms with Gasteiger partial charge in [-0.1, -0.05) is 46.0 Å². The molecule has 1 unspecified atom stereocenters. The Hall–Kier alpha value is -0.570. The molecule has 0 saturated heterocycles. The summed E-state index contributed by atoms with van der Waals surface area (Å²) in [4.78, 5) is 10.9. The van der Waals surface area contributed by atoms with Crippen molar-refractivity contribution in [3.63, 3.8) is 0 Å². The van der Waals surface area contributed by atoms with Crippen molar-refractivity contribution in [2.24, 2.45) is 0 Å². The van der Waals surface area contributed by atoms with E-state index >= 15 is 0 Å². The average Bonchev–Trinajstić information content (AvgIpc) is 2.27. The Morgan fingerprint density at radius 2 is 1.69 bits per heavy atom. The number of rotatable bonds is 10. The molecule has 0 aliphatic rings. The lowest BCUT2D eigenvalue weighted by Gasteiger charge is -2.23. The van der Waals surface area contributed by atoms with Crippen LogP contribution in [0.5, 0.6) is 0 Å². The van der Waals surface area contributed by atoms with Crippen molar-refractivity contribution in [2.75, 3.05) is 6.61 Å². The minimum Gasteiger partial charge on any atom is -0.479 e. The molecule has 16 heavy (non-hydrogen) atoms. The SMILES string of the molecule is CCCCCCCCOC(C)(CC)C(=O)O. The van der Waals surface area contributed by atoms with E-state index in [4.69, 9.17) is 9.84 Å². The molecule has 0 aromatic rings. The molecule has 0 aliphatic heterocycles. The maximum absolute atomic E-state index is 10.9. The van der Waals surface area contributed by atoms with Gasteiger partial charge in [-0.3, -0.25) is 0 Å². The van der Waals surface area contributed by atoms with Crippen molar-refractivity contribution in [3.05, 3.63) is 0 Å². The predicted molar refractivity (Wildman–Crippen MR) is 65.7 cm³/mol. The monoisotopic (exact) mass is 230 g/mol. The van der Waals surface area contributed by atoms with Crippen molar-refractivity contribution in [3.8, 4) is 0 Å². The van der Waals surface area contributed by atoms with E-state index in [2.05, 4.69) is 6.92 Å². The second kappa shape index (κ2) is 8.57. The molecule has 0 amide bonds. The van der Waals surface area contributed by atoms with E-state index in [1.165, 1.54) is 25.7 Å². The fourth-order valence-corrected chi connectivity index (χ4v) is 1.49. The molecule has 0 rings (SSSR count). The van der Waals surface area contributed by atoms with Crippen molar-refractivity contribution in [2.45, 2.75) is 71.3 Å². The highest BCUT2D eigenvalue weighted by molar-refractivity contribution is 5.76. The number of carbonyl (C=O) groups is 1. The topological polar surface area (TPSA) is 46.5 Å². The molecule has 0 fully saturated rings. The lowest BCUT2D eigenvalue weighted by atomic mass is 10.0. The highest BCUT2D eigenvalue weighted by Crippen LogP contribution is 2.16. The number of carboxylic acid groups (broad SMARTS) is 1. The predicted octanol–water partition coefficient (Wildman–Crippen LogP) is 3.62. The second-order valence-electron chi connectivity index (χ2n) is 4.51. The van der Waals surface area contributed by atoms with E-state index in [0.717, 1.165) is 12.8 Å². The van der Waals surface area contributed by atoms with Gasteiger partial charge in [0.05, 0.1) is 0 Å². The van der Waals surface area contributed by atoms with Gasteiger partial charge >= 0.3 is 5.97 Å². The Bertz CT molecular complexity index is 192. The van der Waals surface area contributed by atoms with Crippen LogP contribution in [-0.4, -0.2) is 23.3 Å². The Labute approximate surface area is 99.2 Å². The quantitative estimate of drug-likeness (QED) is 0.583. The molecular formula is C13H26O3. The van der Waals surface area contributed by atoms with Gasteiger partial charge in [-0.2, -0.15) is 0 Å². The van der Waals surface area contributed by atoms with E-state index in [1.54, 1.807) is 6.92 Å². The maximum Gasteiger partial charge on any atom is 0.335 e. The molecule has 0 spiro atoms. The zero-order valence-electron chi connectivity index (χ0n) is 10.9. The summed E-state index contributed by atoms with van der Waals surface area (Å²) in [6.07, 6.45) is 7.67. The molecule has 0 heterocycles. The smallest absolute Gasteiger partial charge is 0.335 e. The number of ether oxygens (including phenoxy) is 1. The van der Waals surface area contributed by atoms with Crippen LogP contribution in [0, 0.1) is 0 Å². The zero-order valence-corrected chi connectivity index (χ0v) is 10.9. The van der Waals surface area contributed by atoms with E-state index in [-0.39, 0.29) is 0 Å². The molecular weight excluding hydrogens is 204 g/mol. The summed E-state index contributed by atoms with van der Waals surface area (Å²) in [6, 6.07) is 0. The zero-order chi connectivity index (χ0) is 12.4. The standard InChI is InChI=1S/C13H26O3/c1-4-6-7-8-9-10-11-16-13(3,5-2)12(14)15/h4-11H2,1-3H3,(H,14,15). The molecule has 0 aromatic heterocycles. The Morgan fingerprint density at radius 3 is 2.19 bits per heavy atom. The summed E-state index contributed by atoms with van der Waals surface area (Å²) in [6.45, 7) is 6.24. The molecule has 0 saturated carbocycles. The minimum absolute atomic E-state index is 0.512. The molecule has 3 heteroatoms. The van der Waals surface area contributed by atoms with Gasteiger partial charge in [0, 0.05) is 6.61 Å². The molecule has 1 N–H and O–H groups in total. The van der Waals surface area contributed by atoms with Crippen LogP contribution in [0.1, 0.15) is 65.7 Å². The first-order valence-electron chi connectivity index (χ1n) is 6.44. The van der Waals surface area contributed by atoms with Gasteiger partial charge in [0.2, 0.25) is 0 Å². The molecule has 0 aromatic carbocycles. The van der Waals surface area contributed by atoms with E-state index in [1.807, 2.05) is 6.92 Å². The highest BCUT2D eigenvalue weighted by atomic mass is 16.5. The van der Waals surface area contributed by atoms with Gasteiger partial charge < -0.3 is 9.84 Å². The summed E-state index contributed by atoms with van der Waals surface area (Å²) < 4.78 is 5.45. The number of unbranched alkanes of at least 4 members (excludes halogenated alkanes) is 5. The van der Waals surface area contributed by atoms with Gasteiger partial charge in [-0.15, -0.1) is 0 Å². The lowest BCUT2D eigenvalue weighted by molar-refractivity contribution is -0.164. The van der Waals surface area contributed by atoms with Gasteiger partial charge in [0.25, 0.3) is 0 Å². The van der Waals surface area contributed by atoms with Crippen LogP contribution in [0.4, 0.5) is 0 Å². The first kappa shape index (κ1) is 15.4. The maximum atomic E-state index is 10.9. The fraction of sp³-hybridized carbons (Fsp3) is 0.923. The van der Waals surface area contributed by atoms with Crippen molar-refractivity contribution in [1.82, 2.24) is 0 Å². The van der Waals surface area contributed by atoms with Crippen LogP contribution in [0.15, 0.2) is 0 Å². The summed E-state index contributed by atoms with van der Waals surface area (Å²) >= 11 is 0. The molecule has 0 bridgehead atoms. The first-order valence-corrected chi connectivity index (χ1v) is 6.44. The fourth-order valence-electron chi connectivity index (χ4n) is 1.49. The number of hydrogen-bond acceptors (Lipinski definition) is 2. The largest absolute Gasteiger partial charge is 0.479 e. The normalized spacial score (nSPS) is 14.7. The molecule has 0 aliphatic carbocycles. The molecule has 0 radical (unpaired) electrons. The minimum atomic E-state index is -0.997. The van der Waals surface area contributed by atoms with Gasteiger partial charge in [0.1, 0.15) is 0 Å². The van der Waals surface area contributed by atoms with Crippen LogP contribution < -0.4 is 0 Å². The lowest BCUT2D eigenvalue weighted by Crippen LogP contribution is -2.37. The first-order chi connectivity index (χ1) is 7.56. The van der Waals surface area contributed by atoms with Crippen molar-refractivity contribution < 1.29 is 14.6 Å². The van der Waals surface area contributed by atoms with E-state index in [9.17, 15) is 4.79 Å². The Kier molecular flexibility index (Phi) is 8.26. The number of carboxylic acids is 1. The Morgan fingerprint density at radius 1 is 1.12 bits per heavy atom. The third-order valence-electron chi connectivity index (χ3n) is 3.05. The Balaban J connectivity index is 3.53. The van der Waals surface area contributed by atoms with E-state index < -0.39 is 11.6 Å². The number of aliphatic carboxylic acids is 1.